The number of esters is 1. The van der Waals surface area contributed by atoms with E-state index in [2.05, 4.69) is 5.32 Å². The first-order valence-electron chi connectivity index (χ1n) is 7.91. The molecule has 0 aliphatic carbocycles. The third-order valence-electron chi connectivity index (χ3n) is 3.39. The molecule has 1 unspecified atom stereocenters. The van der Waals surface area contributed by atoms with Crippen molar-refractivity contribution in [3.8, 4) is 5.75 Å². The standard InChI is InChI=1S/C17H22N2O5/c1-11(2)23-16(21)8-9-18-15(20)10-19-13-6-4-5-7-14(13)24-12(3)17(19)22/h4-7,11-12H,8-10H2,1-3H3,(H,18,20). The normalized spacial score (nSPS) is 16.4. The molecule has 130 valence electrons. The van der Waals surface area contributed by atoms with Gasteiger partial charge >= 0.3 is 5.97 Å². The Bertz CT molecular complexity index is 629. The van der Waals surface area contributed by atoms with Crippen molar-refractivity contribution < 1.29 is 23.9 Å². The van der Waals surface area contributed by atoms with Crippen molar-refractivity contribution in [1.82, 2.24) is 5.32 Å². The van der Waals surface area contributed by atoms with Gasteiger partial charge in [-0.15, -0.1) is 0 Å². The fourth-order valence-corrected chi connectivity index (χ4v) is 2.35. The molecule has 1 aliphatic rings. The molecule has 7 nitrogen and oxygen atoms in total. The lowest BCUT2D eigenvalue weighted by Gasteiger charge is -2.32. The lowest BCUT2D eigenvalue weighted by molar-refractivity contribution is -0.147. The number of ether oxygens (including phenoxy) is 2. The summed E-state index contributed by atoms with van der Waals surface area (Å²) in [4.78, 5) is 37.2. The summed E-state index contributed by atoms with van der Waals surface area (Å²) in [6, 6.07) is 7.07. The molecule has 2 rings (SSSR count). The number of carbonyl (C=O) groups excluding carboxylic acids is 3. The first kappa shape index (κ1) is 17.8. The van der Waals surface area contributed by atoms with Gasteiger partial charge in [0.1, 0.15) is 12.3 Å². The maximum atomic E-state index is 12.3. The van der Waals surface area contributed by atoms with Crippen LogP contribution in [0.15, 0.2) is 24.3 Å². The topological polar surface area (TPSA) is 84.9 Å². The second-order valence-electron chi connectivity index (χ2n) is 5.79. The Labute approximate surface area is 140 Å². The van der Waals surface area contributed by atoms with Crippen LogP contribution in [0, 0.1) is 0 Å². The minimum absolute atomic E-state index is 0.0912. The average Bonchev–Trinajstić information content (AvgIpc) is 2.51. The van der Waals surface area contributed by atoms with Crippen molar-refractivity contribution in [1.29, 1.82) is 0 Å². The number of anilines is 1. The van der Waals surface area contributed by atoms with E-state index < -0.39 is 6.10 Å². The van der Waals surface area contributed by atoms with Crippen molar-refractivity contribution in [3.63, 3.8) is 0 Å². The van der Waals surface area contributed by atoms with E-state index in [0.29, 0.717) is 11.4 Å². The molecule has 0 saturated carbocycles. The van der Waals surface area contributed by atoms with Crippen LogP contribution in [0.5, 0.6) is 5.75 Å². The fraction of sp³-hybridized carbons (Fsp3) is 0.471. The fourth-order valence-electron chi connectivity index (χ4n) is 2.35. The SMILES string of the molecule is CC(C)OC(=O)CCNC(=O)CN1C(=O)C(C)Oc2ccccc21. The summed E-state index contributed by atoms with van der Waals surface area (Å²) in [5.41, 5.74) is 0.565. The molecule has 2 amide bonds. The van der Waals surface area contributed by atoms with Crippen LogP contribution in [0.2, 0.25) is 0 Å². The Morgan fingerprint density at radius 2 is 2.04 bits per heavy atom. The Hall–Kier alpha value is -2.57. The Morgan fingerprint density at radius 1 is 1.33 bits per heavy atom. The molecule has 0 radical (unpaired) electrons. The largest absolute Gasteiger partial charge is 0.479 e. The Morgan fingerprint density at radius 3 is 2.75 bits per heavy atom. The van der Waals surface area contributed by atoms with Crippen LogP contribution in [0.1, 0.15) is 27.2 Å². The predicted octanol–water partition coefficient (Wildman–Crippen LogP) is 1.26. The monoisotopic (exact) mass is 334 g/mol. The van der Waals surface area contributed by atoms with Crippen LogP contribution in [0.25, 0.3) is 0 Å². The minimum Gasteiger partial charge on any atom is -0.479 e. The number of hydrogen-bond acceptors (Lipinski definition) is 5. The molecular formula is C17H22N2O5. The molecule has 0 fully saturated rings. The zero-order valence-corrected chi connectivity index (χ0v) is 14.1. The van der Waals surface area contributed by atoms with Gasteiger partial charge in [-0.2, -0.15) is 0 Å². The molecule has 0 spiro atoms. The first-order chi connectivity index (χ1) is 11.4. The van der Waals surface area contributed by atoms with Crippen molar-refractivity contribution in [3.05, 3.63) is 24.3 Å². The molecule has 7 heteroatoms. The number of hydrogen-bond donors (Lipinski definition) is 1. The minimum atomic E-state index is -0.645. The first-order valence-corrected chi connectivity index (χ1v) is 7.91. The van der Waals surface area contributed by atoms with Crippen LogP contribution in [-0.2, 0) is 19.1 Å². The second kappa shape index (κ2) is 7.81. The van der Waals surface area contributed by atoms with Gasteiger partial charge in [0.15, 0.2) is 6.10 Å². The molecule has 1 N–H and O–H groups in total. The van der Waals surface area contributed by atoms with Crippen molar-refractivity contribution in [2.75, 3.05) is 18.0 Å². The summed E-state index contributed by atoms with van der Waals surface area (Å²) in [5.74, 6) is -0.419. The highest BCUT2D eigenvalue weighted by atomic mass is 16.5. The average molecular weight is 334 g/mol. The van der Waals surface area contributed by atoms with Gasteiger partial charge in [0.05, 0.1) is 18.2 Å². The number of nitrogens with one attached hydrogen (secondary N) is 1. The van der Waals surface area contributed by atoms with E-state index in [4.69, 9.17) is 9.47 Å². The number of rotatable bonds is 6. The van der Waals surface area contributed by atoms with Gasteiger partial charge < -0.3 is 14.8 Å². The molecule has 24 heavy (non-hydrogen) atoms. The maximum Gasteiger partial charge on any atom is 0.307 e. The quantitative estimate of drug-likeness (QED) is 0.792. The van der Waals surface area contributed by atoms with Crippen LogP contribution in [-0.4, -0.2) is 43.1 Å². The van der Waals surface area contributed by atoms with Crippen LogP contribution in [0.4, 0.5) is 5.69 Å². The lowest BCUT2D eigenvalue weighted by Crippen LogP contribution is -2.49. The highest BCUT2D eigenvalue weighted by Crippen LogP contribution is 2.33. The van der Waals surface area contributed by atoms with Crippen molar-refractivity contribution in [2.45, 2.75) is 39.4 Å². The van der Waals surface area contributed by atoms with Crippen LogP contribution < -0.4 is 15.0 Å². The number of carbonyl (C=O) groups is 3. The highest BCUT2D eigenvalue weighted by Gasteiger charge is 2.32. The van der Waals surface area contributed by atoms with E-state index in [0.717, 1.165) is 0 Å². The number of nitrogens with zero attached hydrogens (tertiary/aromatic N) is 1. The smallest absolute Gasteiger partial charge is 0.307 e. The van der Waals surface area contributed by atoms with Crippen LogP contribution in [0.3, 0.4) is 0 Å². The summed E-state index contributed by atoms with van der Waals surface area (Å²) < 4.78 is 10.5. The van der Waals surface area contributed by atoms with E-state index in [-0.39, 0.29) is 43.4 Å². The van der Waals surface area contributed by atoms with E-state index in [1.807, 2.05) is 0 Å². The third-order valence-corrected chi connectivity index (χ3v) is 3.39. The molecule has 0 saturated heterocycles. The second-order valence-corrected chi connectivity index (χ2v) is 5.79. The van der Waals surface area contributed by atoms with Gasteiger partial charge in [0.2, 0.25) is 5.91 Å². The number of amides is 2. The molecular weight excluding hydrogens is 312 g/mol. The van der Waals surface area contributed by atoms with Gasteiger partial charge in [-0.3, -0.25) is 19.3 Å². The van der Waals surface area contributed by atoms with E-state index in [9.17, 15) is 14.4 Å². The van der Waals surface area contributed by atoms with E-state index in [1.54, 1.807) is 45.0 Å². The number of fused-ring (bicyclic) bond motifs is 1. The summed E-state index contributed by atoms with van der Waals surface area (Å²) in [6.07, 6.45) is -0.737. The molecule has 1 atom stereocenters. The van der Waals surface area contributed by atoms with E-state index >= 15 is 0 Å². The molecule has 0 aromatic heterocycles. The summed E-state index contributed by atoms with van der Waals surface area (Å²) >= 11 is 0. The molecule has 0 bridgehead atoms. The van der Waals surface area contributed by atoms with Gasteiger partial charge in [0.25, 0.3) is 5.91 Å². The molecule has 1 aliphatic heterocycles. The Kier molecular flexibility index (Phi) is 5.78. The molecule has 1 heterocycles. The van der Waals surface area contributed by atoms with Gasteiger partial charge in [0, 0.05) is 6.54 Å². The third kappa shape index (κ3) is 4.47. The number of benzene rings is 1. The van der Waals surface area contributed by atoms with Gasteiger partial charge in [-0.05, 0) is 32.9 Å². The highest BCUT2D eigenvalue weighted by molar-refractivity contribution is 6.03. The van der Waals surface area contributed by atoms with E-state index in [1.165, 1.54) is 4.90 Å². The maximum absolute atomic E-state index is 12.3. The number of para-hydroxylation sites is 2. The Balaban J connectivity index is 1.91. The molecule has 1 aromatic carbocycles. The van der Waals surface area contributed by atoms with Crippen molar-refractivity contribution in [2.24, 2.45) is 0 Å². The summed E-state index contributed by atoms with van der Waals surface area (Å²) in [6.45, 7) is 5.21. The summed E-state index contributed by atoms with van der Waals surface area (Å²) in [7, 11) is 0. The van der Waals surface area contributed by atoms with Gasteiger partial charge in [-0.25, -0.2) is 0 Å². The lowest BCUT2D eigenvalue weighted by atomic mass is 10.2. The summed E-state index contributed by atoms with van der Waals surface area (Å²) in [5, 5.41) is 2.63. The van der Waals surface area contributed by atoms with Crippen molar-refractivity contribution >= 4 is 23.5 Å². The molecule has 1 aromatic rings. The predicted molar refractivity (Wildman–Crippen MR) is 87.7 cm³/mol. The van der Waals surface area contributed by atoms with Crippen LogP contribution >= 0.6 is 0 Å². The zero-order chi connectivity index (χ0) is 17.7. The zero-order valence-electron chi connectivity index (χ0n) is 14.1. The van der Waals surface area contributed by atoms with Gasteiger partial charge in [-0.1, -0.05) is 12.1 Å².